The summed E-state index contributed by atoms with van der Waals surface area (Å²) in [5.74, 6) is -1.44. The first-order valence-electron chi connectivity index (χ1n) is 9.39. The minimum Gasteiger partial charge on any atom is -0.478 e. The number of carbonyl (C=O) groups is 1. The van der Waals surface area contributed by atoms with Crippen LogP contribution in [0.25, 0.3) is 16.7 Å². The molecule has 3 aromatic carbocycles. The van der Waals surface area contributed by atoms with Crippen LogP contribution in [0.5, 0.6) is 0 Å². The van der Waals surface area contributed by atoms with E-state index in [9.17, 15) is 14.3 Å². The van der Waals surface area contributed by atoms with Crippen LogP contribution in [0.15, 0.2) is 78.3 Å². The third-order valence-corrected chi connectivity index (χ3v) is 5.40. The van der Waals surface area contributed by atoms with E-state index in [0.29, 0.717) is 23.2 Å². The Balaban J connectivity index is 1.64. The van der Waals surface area contributed by atoms with Crippen LogP contribution in [0.2, 0.25) is 0 Å². The van der Waals surface area contributed by atoms with Gasteiger partial charge in [0.2, 0.25) is 0 Å². The summed E-state index contributed by atoms with van der Waals surface area (Å²) in [6.07, 6.45) is 0.422. The Hall–Kier alpha value is -3.53. The number of rotatable bonds is 4. The number of aliphatic imine (C=N–C) groups is 1. The fourth-order valence-electron chi connectivity index (χ4n) is 3.75. The lowest BCUT2D eigenvalue weighted by atomic mass is 9.82. The number of benzene rings is 3. The van der Waals surface area contributed by atoms with E-state index in [1.165, 1.54) is 6.07 Å². The molecule has 1 heterocycles. The van der Waals surface area contributed by atoms with Gasteiger partial charge in [-0.1, -0.05) is 49.0 Å². The van der Waals surface area contributed by atoms with E-state index in [4.69, 9.17) is 0 Å². The van der Waals surface area contributed by atoms with Crippen LogP contribution < -0.4 is 0 Å². The molecule has 0 amide bonds. The number of aromatic carboxylic acids is 1. The zero-order valence-electron chi connectivity index (χ0n) is 16.0. The van der Waals surface area contributed by atoms with Crippen molar-refractivity contribution in [1.82, 2.24) is 0 Å². The Morgan fingerprint density at radius 3 is 2.52 bits per heavy atom. The minimum atomic E-state index is -0.994. The molecule has 1 aliphatic heterocycles. The molecule has 0 bridgehead atoms. The second-order valence-corrected chi connectivity index (χ2v) is 7.24. The maximum atomic E-state index is 14.9. The van der Waals surface area contributed by atoms with Crippen molar-refractivity contribution in [3.63, 3.8) is 0 Å². The van der Waals surface area contributed by atoms with Gasteiger partial charge < -0.3 is 5.11 Å². The molecule has 0 saturated carbocycles. The summed E-state index contributed by atoms with van der Waals surface area (Å²) >= 11 is 0. The number of fused-ring (bicyclic) bond motifs is 1. The second kappa shape index (κ2) is 7.47. The van der Waals surface area contributed by atoms with Gasteiger partial charge in [-0.2, -0.15) is 0 Å². The molecule has 0 fully saturated rings. The first kappa shape index (κ1) is 18.8. The molecule has 1 atom stereocenters. The van der Waals surface area contributed by atoms with Crippen molar-refractivity contribution in [2.45, 2.75) is 13.3 Å². The lowest BCUT2D eigenvalue weighted by molar-refractivity contribution is 0.0697. The number of carboxylic acid groups (broad SMARTS) is 1. The predicted molar refractivity (Wildman–Crippen MR) is 114 cm³/mol. The smallest absolute Gasteiger partial charge is 0.335 e. The van der Waals surface area contributed by atoms with Gasteiger partial charge in [-0.15, -0.1) is 0 Å². The highest BCUT2D eigenvalue weighted by Crippen LogP contribution is 2.39. The fraction of sp³-hybridized carbons (Fsp3) is 0.120. The predicted octanol–water partition coefficient (Wildman–Crippen LogP) is 6.17. The standard InChI is InChI=1S/C25H20FNO2/c1-15-21(16(2)27-24-11-10-20(25(28)29)13-22(15)24)12-19-9-8-18(14-23(19)26)17-6-4-3-5-7-17/h3-11,13-14,21H,1,12H2,2H3,(H,28,29). The van der Waals surface area contributed by atoms with Crippen LogP contribution in [-0.2, 0) is 6.42 Å². The van der Waals surface area contributed by atoms with Gasteiger partial charge in [-0.25, -0.2) is 9.18 Å². The molecule has 1 aliphatic rings. The molecule has 0 spiro atoms. The van der Waals surface area contributed by atoms with Crippen LogP contribution in [0.1, 0.15) is 28.4 Å². The number of carboxylic acids is 1. The van der Waals surface area contributed by atoms with Gasteiger partial charge in [-0.05, 0) is 59.9 Å². The van der Waals surface area contributed by atoms with Gasteiger partial charge in [-0.3, -0.25) is 4.99 Å². The average Bonchev–Trinajstić information content (AvgIpc) is 2.72. The molecular weight excluding hydrogens is 365 g/mol. The SMILES string of the molecule is C=C1c2cc(C(=O)O)ccc2N=C(C)C1Cc1ccc(-c2ccccc2)cc1F. The first-order valence-corrected chi connectivity index (χ1v) is 9.39. The molecule has 3 aromatic rings. The average molecular weight is 385 g/mol. The molecule has 144 valence electrons. The van der Waals surface area contributed by atoms with Gasteiger partial charge in [0.1, 0.15) is 5.82 Å². The third-order valence-electron chi connectivity index (χ3n) is 5.40. The topological polar surface area (TPSA) is 49.7 Å². The summed E-state index contributed by atoms with van der Waals surface area (Å²) in [6.45, 7) is 6.09. The quantitative estimate of drug-likeness (QED) is 0.584. The van der Waals surface area contributed by atoms with E-state index < -0.39 is 5.97 Å². The van der Waals surface area contributed by atoms with Crippen molar-refractivity contribution in [2.75, 3.05) is 0 Å². The van der Waals surface area contributed by atoms with Gasteiger partial charge in [0.05, 0.1) is 11.3 Å². The number of hydrogen-bond acceptors (Lipinski definition) is 2. The Kier molecular flexibility index (Phi) is 4.85. The normalized spacial score (nSPS) is 15.6. The Morgan fingerprint density at radius 2 is 1.83 bits per heavy atom. The number of hydrogen-bond donors (Lipinski definition) is 1. The van der Waals surface area contributed by atoms with Crippen molar-refractivity contribution in [3.8, 4) is 11.1 Å². The van der Waals surface area contributed by atoms with Crippen molar-refractivity contribution in [3.05, 3.63) is 95.8 Å². The largest absolute Gasteiger partial charge is 0.478 e. The van der Waals surface area contributed by atoms with Crippen LogP contribution in [-0.4, -0.2) is 16.8 Å². The molecule has 29 heavy (non-hydrogen) atoms. The summed E-state index contributed by atoms with van der Waals surface area (Å²) in [6, 6.07) is 19.8. The van der Waals surface area contributed by atoms with E-state index >= 15 is 0 Å². The molecule has 0 aromatic heterocycles. The number of halogens is 1. The second-order valence-electron chi connectivity index (χ2n) is 7.24. The zero-order chi connectivity index (χ0) is 20.5. The molecular formula is C25H20FNO2. The van der Waals surface area contributed by atoms with E-state index in [1.807, 2.05) is 43.3 Å². The maximum absolute atomic E-state index is 14.9. The van der Waals surface area contributed by atoms with E-state index in [2.05, 4.69) is 11.6 Å². The highest BCUT2D eigenvalue weighted by Gasteiger charge is 2.26. The molecule has 0 saturated heterocycles. The van der Waals surface area contributed by atoms with Crippen LogP contribution in [0.4, 0.5) is 10.1 Å². The summed E-state index contributed by atoms with van der Waals surface area (Å²) in [5, 5.41) is 9.27. The van der Waals surface area contributed by atoms with Gasteiger partial charge in [0.15, 0.2) is 0 Å². The molecule has 0 radical (unpaired) electrons. The van der Waals surface area contributed by atoms with E-state index in [1.54, 1.807) is 24.3 Å². The van der Waals surface area contributed by atoms with Gasteiger partial charge in [0, 0.05) is 17.2 Å². The Bertz CT molecular complexity index is 1150. The Morgan fingerprint density at radius 1 is 1.07 bits per heavy atom. The lowest BCUT2D eigenvalue weighted by Gasteiger charge is -2.26. The van der Waals surface area contributed by atoms with Crippen LogP contribution >= 0.6 is 0 Å². The van der Waals surface area contributed by atoms with Gasteiger partial charge in [0.25, 0.3) is 0 Å². The highest BCUT2D eigenvalue weighted by atomic mass is 19.1. The summed E-state index contributed by atoms with van der Waals surface area (Å²) < 4.78 is 14.9. The summed E-state index contributed by atoms with van der Waals surface area (Å²) in [5.41, 5.74) is 5.60. The lowest BCUT2D eigenvalue weighted by Crippen LogP contribution is -2.20. The number of allylic oxidation sites excluding steroid dienone is 1. The van der Waals surface area contributed by atoms with Crippen molar-refractivity contribution in [2.24, 2.45) is 10.9 Å². The molecule has 4 heteroatoms. The Labute approximate surface area is 168 Å². The molecule has 4 rings (SSSR count). The highest BCUT2D eigenvalue weighted by molar-refractivity contribution is 6.03. The van der Waals surface area contributed by atoms with E-state index in [-0.39, 0.29) is 17.3 Å². The number of nitrogens with zero attached hydrogens (tertiary/aromatic N) is 1. The minimum absolute atomic E-state index is 0.177. The molecule has 1 unspecified atom stereocenters. The van der Waals surface area contributed by atoms with Gasteiger partial charge >= 0.3 is 5.97 Å². The maximum Gasteiger partial charge on any atom is 0.335 e. The summed E-state index contributed by atoms with van der Waals surface area (Å²) in [7, 11) is 0. The van der Waals surface area contributed by atoms with Crippen LogP contribution in [0, 0.1) is 11.7 Å². The first-order chi connectivity index (χ1) is 13.9. The zero-order valence-corrected chi connectivity index (χ0v) is 16.0. The molecule has 0 aliphatic carbocycles. The fourth-order valence-corrected chi connectivity index (χ4v) is 3.75. The van der Waals surface area contributed by atoms with Crippen molar-refractivity contribution < 1.29 is 14.3 Å². The third kappa shape index (κ3) is 3.61. The van der Waals surface area contributed by atoms with Crippen molar-refractivity contribution in [1.29, 1.82) is 0 Å². The van der Waals surface area contributed by atoms with Crippen LogP contribution in [0.3, 0.4) is 0 Å². The summed E-state index contributed by atoms with van der Waals surface area (Å²) in [4.78, 5) is 15.9. The molecule has 3 nitrogen and oxygen atoms in total. The van der Waals surface area contributed by atoms with Crippen molar-refractivity contribution >= 4 is 22.9 Å². The molecule has 1 N–H and O–H groups in total. The monoisotopic (exact) mass is 385 g/mol. The van der Waals surface area contributed by atoms with E-state index in [0.717, 1.165) is 22.4 Å².